The Morgan fingerprint density at radius 1 is 0.769 bits per heavy atom. The monoisotopic (exact) mass is 560 g/mol. The third kappa shape index (κ3) is 5.76. The molecule has 39 heavy (non-hydrogen) atoms. The van der Waals surface area contributed by atoms with Gasteiger partial charge in [0.1, 0.15) is 65.9 Å². The molecular weight excluding hydrogens is 520 g/mol. The fourth-order valence-electron chi connectivity index (χ4n) is 5.24. The molecule has 3 aliphatic rings. The minimum absolute atomic E-state index is 0.0321. The van der Waals surface area contributed by atoms with E-state index in [1.54, 1.807) is 0 Å². The number of phenols is 1. The van der Waals surface area contributed by atoms with Crippen molar-refractivity contribution in [3.63, 3.8) is 0 Å². The zero-order valence-electron chi connectivity index (χ0n) is 22.4. The Bertz CT molecular complexity index is 1020. The summed E-state index contributed by atoms with van der Waals surface area (Å²) in [5, 5.41) is 81.2. The molecular formula is C26H40O13. The molecule has 4 rings (SSSR count). The van der Waals surface area contributed by atoms with E-state index in [0.717, 1.165) is 22.3 Å². The van der Waals surface area contributed by atoms with Crippen LogP contribution in [-0.2, 0) is 25.4 Å². The molecule has 3 aliphatic heterocycles. The first-order valence-electron chi connectivity index (χ1n) is 13.0. The van der Waals surface area contributed by atoms with Crippen LogP contribution in [0.5, 0.6) is 11.5 Å². The van der Waals surface area contributed by atoms with Crippen LogP contribution in [0.1, 0.15) is 35.6 Å². The number of hydrogen-bond acceptors (Lipinski definition) is 13. The second-order valence-electron chi connectivity index (χ2n) is 10.9. The number of rotatable bonds is 7. The number of phenolic OH excluding ortho intramolecular Hbond substituents is 1. The van der Waals surface area contributed by atoms with Gasteiger partial charge in [-0.25, -0.2) is 0 Å². The van der Waals surface area contributed by atoms with Crippen LogP contribution < -0.4 is 4.74 Å². The van der Waals surface area contributed by atoms with Crippen molar-refractivity contribution in [3.05, 3.63) is 22.3 Å². The third-order valence-corrected chi connectivity index (χ3v) is 8.09. The molecule has 0 amide bonds. The maximum absolute atomic E-state index is 10.5. The fraction of sp³-hybridized carbons (Fsp3) is 0.769. The maximum Gasteiger partial charge on any atom is 0.186 e. The molecule has 3 heterocycles. The second kappa shape index (κ2) is 11.7. The van der Waals surface area contributed by atoms with E-state index in [-0.39, 0.29) is 12.4 Å². The van der Waals surface area contributed by atoms with Crippen molar-refractivity contribution in [2.75, 3.05) is 19.8 Å². The number of aliphatic hydroxyl groups excluding tert-OH is 7. The second-order valence-corrected chi connectivity index (χ2v) is 10.9. The minimum Gasteiger partial charge on any atom is -0.507 e. The molecule has 1 unspecified atom stereocenters. The van der Waals surface area contributed by atoms with Crippen LogP contribution in [0.2, 0.25) is 0 Å². The lowest BCUT2D eigenvalue weighted by atomic mass is 9.87. The average molecular weight is 561 g/mol. The van der Waals surface area contributed by atoms with Gasteiger partial charge in [-0.3, -0.25) is 0 Å². The first-order chi connectivity index (χ1) is 18.3. The van der Waals surface area contributed by atoms with Crippen LogP contribution in [0.4, 0.5) is 0 Å². The first kappa shape index (κ1) is 30.3. The van der Waals surface area contributed by atoms with Crippen molar-refractivity contribution in [1.29, 1.82) is 0 Å². The van der Waals surface area contributed by atoms with Crippen LogP contribution in [0.25, 0.3) is 0 Å². The van der Waals surface area contributed by atoms with Gasteiger partial charge in [0.2, 0.25) is 0 Å². The molecule has 222 valence electrons. The molecule has 13 heteroatoms. The van der Waals surface area contributed by atoms with E-state index in [2.05, 4.69) is 0 Å². The molecule has 0 spiro atoms. The summed E-state index contributed by atoms with van der Waals surface area (Å²) in [6.07, 6.45) is -13.8. The van der Waals surface area contributed by atoms with Crippen molar-refractivity contribution in [2.24, 2.45) is 0 Å². The molecule has 13 nitrogen and oxygen atoms in total. The minimum atomic E-state index is -1.66. The highest BCUT2D eigenvalue weighted by Crippen LogP contribution is 2.43. The van der Waals surface area contributed by atoms with Crippen LogP contribution in [0.3, 0.4) is 0 Å². The lowest BCUT2D eigenvalue weighted by Crippen LogP contribution is -2.62. The molecule has 1 aromatic rings. The van der Waals surface area contributed by atoms with Gasteiger partial charge in [-0.05, 0) is 57.2 Å². The van der Waals surface area contributed by atoms with Gasteiger partial charge in [0, 0.05) is 5.56 Å². The Morgan fingerprint density at radius 2 is 1.33 bits per heavy atom. The number of aromatic hydroxyl groups is 1. The normalized spacial score (nSPS) is 40.7. The number of hydrogen-bond donors (Lipinski definition) is 8. The molecule has 0 saturated carbocycles. The van der Waals surface area contributed by atoms with E-state index in [4.69, 9.17) is 23.7 Å². The van der Waals surface area contributed by atoms with Gasteiger partial charge in [-0.15, -0.1) is 0 Å². The Hall–Kier alpha value is -1.62. The summed E-state index contributed by atoms with van der Waals surface area (Å²) >= 11 is 0. The van der Waals surface area contributed by atoms with Crippen molar-refractivity contribution in [1.82, 2.24) is 0 Å². The number of aliphatic hydroxyl groups is 7. The fourth-order valence-corrected chi connectivity index (χ4v) is 5.24. The van der Waals surface area contributed by atoms with Crippen molar-refractivity contribution in [2.45, 2.75) is 108 Å². The lowest BCUT2D eigenvalue weighted by molar-refractivity contribution is -0.333. The Labute approximate surface area is 226 Å². The first-order valence-corrected chi connectivity index (χ1v) is 13.0. The quantitative estimate of drug-likeness (QED) is 0.182. The molecule has 0 radical (unpaired) electrons. The topological polar surface area (TPSA) is 208 Å². The van der Waals surface area contributed by atoms with E-state index in [1.165, 1.54) is 0 Å². The van der Waals surface area contributed by atoms with E-state index in [9.17, 15) is 40.9 Å². The lowest BCUT2D eigenvalue weighted by Gasteiger charge is -2.43. The zero-order chi connectivity index (χ0) is 28.8. The molecule has 0 aromatic heterocycles. The van der Waals surface area contributed by atoms with Gasteiger partial charge >= 0.3 is 0 Å². The highest BCUT2D eigenvalue weighted by atomic mass is 16.7. The average Bonchev–Trinajstić information content (AvgIpc) is 2.92. The van der Waals surface area contributed by atoms with Crippen LogP contribution in [0.15, 0.2) is 0 Å². The molecule has 2 saturated heterocycles. The Kier molecular flexibility index (Phi) is 9.10. The summed E-state index contributed by atoms with van der Waals surface area (Å²) in [7, 11) is 0. The van der Waals surface area contributed by atoms with E-state index < -0.39 is 80.2 Å². The predicted octanol–water partition coefficient (Wildman–Crippen LogP) is -1.96. The van der Waals surface area contributed by atoms with Gasteiger partial charge in [-0.2, -0.15) is 0 Å². The summed E-state index contributed by atoms with van der Waals surface area (Å²) < 4.78 is 28.6. The molecule has 0 aliphatic carbocycles. The molecule has 0 bridgehead atoms. The maximum atomic E-state index is 10.5. The van der Waals surface area contributed by atoms with Gasteiger partial charge in [0.25, 0.3) is 0 Å². The van der Waals surface area contributed by atoms with E-state index in [0.29, 0.717) is 18.6 Å². The zero-order valence-corrected chi connectivity index (χ0v) is 22.4. The third-order valence-electron chi connectivity index (χ3n) is 8.09. The summed E-state index contributed by atoms with van der Waals surface area (Å²) in [5.74, 6) is 0.921. The molecule has 1 aromatic carbocycles. The van der Waals surface area contributed by atoms with Gasteiger partial charge in [0.15, 0.2) is 12.6 Å². The molecule has 2 fully saturated rings. The summed E-state index contributed by atoms with van der Waals surface area (Å²) in [4.78, 5) is 0. The van der Waals surface area contributed by atoms with Crippen LogP contribution in [-0.4, -0.2) is 128 Å². The van der Waals surface area contributed by atoms with Crippen molar-refractivity contribution in [3.8, 4) is 11.5 Å². The highest BCUT2D eigenvalue weighted by molar-refractivity contribution is 5.58. The highest BCUT2D eigenvalue weighted by Gasteiger charge is 2.48. The number of ether oxygens (including phenoxy) is 5. The van der Waals surface area contributed by atoms with Gasteiger partial charge < -0.3 is 64.5 Å². The largest absolute Gasteiger partial charge is 0.507 e. The Morgan fingerprint density at radius 3 is 1.95 bits per heavy atom. The van der Waals surface area contributed by atoms with Gasteiger partial charge in [-0.1, -0.05) is 0 Å². The number of fused-ring (bicyclic) bond motifs is 1. The smallest absolute Gasteiger partial charge is 0.186 e. The standard InChI is InChI=1S/C26H40O13/c1-10-11(2)23-13(12(3)16(10)28)5-6-26(4,39-23)9-36-25-22(34)20(32)18(30)15(38-25)8-35-24-21(33)19(31)17(29)14(7-27)37-24/h14-15,17-22,24-25,27-34H,5-9H2,1-4H3/t14-,15-,17-,18-,19+,20+,21-,22-,24+,25+,26?/m1/s1. The molecule has 11 atom stereocenters. The van der Waals surface area contributed by atoms with Crippen molar-refractivity contribution >= 4 is 0 Å². The van der Waals surface area contributed by atoms with Crippen LogP contribution in [0, 0.1) is 20.8 Å². The van der Waals surface area contributed by atoms with E-state index >= 15 is 0 Å². The number of benzene rings is 1. The van der Waals surface area contributed by atoms with Gasteiger partial charge in [0.05, 0.1) is 19.8 Å². The van der Waals surface area contributed by atoms with Crippen LogP contribution >= 0.6 is 0 Å². The summed E-state index contributed by atoms with van der Waals surface area (Å²) in [6, 6.07) is 0. The van der Waals surface area contributed by atoms with Crippen molar-refractivity contribution < 1.29 is 64.5 Å². The summed E-state index contributed by atoms with van der Waals surface area (Å²) in [5.41, 5.74) is 2.41. The van der Waals surface area contributed by atoms with E-state index in [1.807, 2.05) is 27.7 Å². The molecule has 8 N–H and O–H groups in total. The SMILES string of the molecule is Cc1c(C)c2c(c(C)c1O)CCC(C)(CO[C@H]1O[C@H](CO[C@H]3O[C@H](CO)[C@@H](O)[C@H](O)[C@H]3O)[C@@H](O)[C@H](O)[C@H]1O)O2. The Balaban J connectivity index is 1.40. The predicted molar refractivity (Wildman–Crippen MR) is 132 cm³/mol. The summed E-state index contributed by atoms with van der Waals surface area (Å²) in [6.45, 7) is 6.24.